The highest BCUT2D eigenvalue weighted by atomic mass is 32.1. The van der Waals surface area contributed by atoms with Gasteiger partial charge in [-0.2, -0.15) is 5.10 Å². The van der Waals surface area contributed by atoms with Crippen LogP contribution in [0.1, 0.15) is 40.0 Å². The van der Waals surface area contributed by atoms with E-state index in [0.717, 1.165) is 23.4 Å². The average molecular weight is 278 g/mol. The van der Waals surface area contributed by atoms with Crippen molar-refractivity contribution in [1.29, 1.82) is 0 Å². The minimum absolute atomic E-state index is 0.232. The van der Waals surface area contributed by atoms with Gasteiger partial charge >= 0.3 is 0 Å². The highest BCUT2D eigenvalue weighted by Crippen LogP contribution is 2.17. The smallest absolute Gasteiger partial charge is 0.274 e. The van der Waals surface area contributed by atoms with Crippen LogP contribution in [0.5, 0.6) is 0 Å². The number of aromatic amines is 1. The number of hydrogen-bond acceptors (Lipinski definition) is 4. The van der Waals surface area contributed by atoms with E-state index in [1.54, 1.807) is 11.3 Å². The highest BCUT2D eigenvalue weighted by molar-refractivity contribution is 7.10. The van der Waals surface area contributed by atoms with E-state index in [-0.39, 0.29) is 11.6 Å². The summed E-state index contributed by atoms with van der Waals surface area (Å²) in [5.74, 6) is -0.232. The molecule has 0 aliphatic rings. The summed E-state index contributed by atoms with van der Waals surface area (Å²) < 4.78 is 0. The van der Waals surface area contributed by atoms with Gasteiger partial charge in [0, 0.05) is 4.88 Å². The zero-order valence-corrected chi connectivity index (χ0v) is 11.9. The fourth-order valence-electron chi connectivity index (χ4n) is 1.83. The molecule has 19 heavy (non-hydrogen) atoms. The number of nitrogen functional groups attached to an aromatic ring is 1. The second kappa shape index (κ2) is 5.88. The Labute approximate surface area is 116 Å². The molecule has 2 heterocycles. The van der Waals surface area contributed by atoms with Crippen LogP contribution in [0.25, 0.3) is 0 Å². The number of nitrogens with two attached hydrogens (primary N) is 1. The summed E-state index contributed by atoms with van der Waals surface area (Å²) in [7, 11) is 0. The van der Waals surface area contributed by atoms with Gasteiger partial charge in [0.2, 0.25) is 0 Å². The van der Waals surface area contributed by atoms with Crippen LogP contribution in [0.4, 0.5) is 5.69 Å². The number of amides is 1. The number of aromatic nitrogens is 2. The SMILES string of the molecule is CCCc1[nH]nc(C(=O)NCc2sccc2C)c1N. The van der Waals surface area contributed by atoms with E-state index in [9.17, 15) is 4.79 Å². The molecule has 0 fully saturated rings. The number of carbonyl (C=O) groups is 1. The largest absolute Gasteiger partial charge is 0.395 e. The molecule has 0 aromatic carbocycles. The van der Waals surface area contributed by atoms with Crippen LogP contribution in [0.15, 0.2) is 11.4 Å². The summed E-state index contributed by atoms with van der Waals surface area (Å²) in [6, 6.07) is 2.04. The van der Waals surface area contributed by atoms with E-state index in [1.165, 1.54) is 5.56 Å². The molecule has 2 aromatic heterocycles. The lowest BCUT2D eigenvalue weighted by Crippen LogP contribution is -2.24. The molecule has 0 saturated carbocycles. The normalized spacial score (nSPS) is 10.6. The number of thiophene rings is 1. The van der Waals surface area contributed by atoms with Gasteiger partial charge in [0.25, 0.3) is 5.91 Å². The first-order chi connectivity index (χ1) is 9.13. The molecule has 0 bridgehead atoms. The molecule has 1 amide bonds. The fourth-order valence-corrected chi connectivity index (χ4v) is 2.68. The number of anilines is 1. The molecule has 0 atom stereocenters. The first-order valence-corrected chi connectivity index (χ1v) is 7.15. The predicted octanol–water partition coefficient (Wildman–Crippen LogP) is 2.24. The molecule has 4 N–H and O–H groups in total. The zero-order chi connectivity index (χ0) is 13.8. The molecule has 2 aromatic rings. The maximum Gasteiger partial charge on any atom is 0.274 e. The Morgan fingerprint density at radius 3 is 3.00 bits per heavy atom. The van der Waals surface area contributed by atoms with Gasteiger partial charge in [-0.25, -0.2) is 0 Å². The van der Waals surface area contributed by atoms with Crippen molar-refractivity contribution < 1.29 is 4.79 Å². The topological polar surface area (TPSA) is 83.8 Å². The number of nitrogens with zero attached hydrogens (tertiary/aromatic N) is 1. The van der Waals surface area contributed by atoms with Gasteiger partial charge in [0.05, 0.1) is 17.9 Å². The molecule has 0 saturated heterocycles. The van der Waals surface area contributed by atoms with Crippen molar-refractivity contribution in [2.75, 3.05) is 5.73 Å². The van der Waals surface area contributed by atoms with E-state index in [4.69, 9.17) is 5.73 Å². The number of carbonyl (C=O) groups excluding carboxylic acids is 1. The Balaban J connectivity index is 2.02. The maximum absolute atomic E-state index is 12.0. The molecular formula is C13H18N4OS. The van der Waals surface area contributed by atoms with Crippen LogP contribution in [0.3, 0.4) is 0 Å². The second-order valence-corrected chi connectivity index (χ2v) is 5.42. The zero-order valence-electron chi connectivity index (χ0n) is 11.1. The summed E-state index contributed by atoms with van der Waals surface area (Å²) in [5, 5.41) is 11.7. The van der Waals surface area contributed by atoms with Crippen LogP contribution in [-0.2, 0) is 13.0 Å². The molecule has 102 valence electrons. The van der Waals surface area contributed by atoms with E-state index in [1.807, 2.05) is 18.4 Å². The third-order valence-electron chi connectivity index (χ3n) is 2.98. The Kier molecular flexibility index (Phi) is 4.21. The second-order valence-electron chi connectivity index (χ2n) is 4.42. The molecule has 2 rings (SSSR count). The Bertz CT molecular complexity index is 573. The van der Waals surface area contributed by atoms with Gasteiger partial charge in [0.15, 0.2) is 5.69 Å². The van der Waals surface area contributed by atoms with Crippen molar-refractivity contribution in [3.05, 3.63) is 33.3 Å². The first-order valence-electron chi connectivity index (χ1n) is 6.27. The van der Waals surface area contributed by atoms with Crippen LogP contribution in [0, 0.1) is 6.92 Å². The molecule has 6 heteroatoms. The Morgan fingerprint density at radius 1 is 1.58 bits per heavy atom. The molecule has 0 aliphatic carbocycles. The third-order valence-corrected chi connectivity index (χ3v) is 4.00. The van der Waals surface area contributed by atoms with Gasteiger partial charge in [-0.3, -0.25) is 9.89 Å². The molecule has 5 nitrogen and oxygen atoms in total. The number of nitrogens with one attached hydrogen (secondary N) is 2. The van der Waals surface area contributed by atoms with Crippen molar-refractivity contribution >= 4 is 22.9 Å². The minimum atomic E-state index is -0.232. The number of aryl methyl sites for hydroxylation is 2. The third kappa shape index (κ3) is 2.96. The lowest BCUT2D eigenvalue weighted by molar-refractivity contribution is 0.0947. The molecule has 0 radical (unpaired) electrons. The molecule has 0 aliphatic heterocycles. The number of hydrogen-bond donors (Lipinski definition) is 3. The number of H-pyrrole nitrogens is 1. The van der Waals surface area contributed by atoms with Crippen molar-refractivity contribution in [2.24, 2.45) is 0 Å². The van der Waals surface area contributed by atoms with Gasteiger partial charge in [-0.1, -0.05) is 13.3 Å². The van der Waals surface area contributed by atoms with Gasteiger partial charge in [-0.15, -0.1) is 11.3 Å². The summed E-state index contributed by atoms with van der Waals surface area (Å²) in [5.41, 5.74) is 8.69. The Morgan fingerprint density at radius 2 is 2.37 bits per heavy atom. The van der Waals surface area contributed by atoms with Crippen molar-refractivity contribution in [2.45, 2.75) is 33.2 Å². The van der Waals surface area contributed by atoms with Crippen molar-refractivity contribution in [1.82, 2.24) is 15.5 Å². The van der Waals surface area contributed by atoms with Crippen molar-refractivity contribution in [3.8, 4) is 0 Å². The van der Waals surface area contributed by atoms with E-state index in [2.05, 4.69) is 22.4 Å². The minimum Gasteiger partial charge on any atom is -0.395 e. The van der Waals surface area contributed by atoms with Gasteiger partial charge in [-0.05, 0) is 30.4 Å². The van der Waals surface area contributed by atoms with Crippen LogP contribution >= 0.6 is 11.3 Å². The van der Waals surface area contributed by atoms with Crippen LogP contribution in [-0.4, -0.2) is 16.1 Å². The lowest BCUT2D eigenvalue weighted by Gasteiger charge is -2.03. The molecular weight excluding hydrogens is 260 g/mol. The quantitative estimate of drug-likeness (QED) is 0.784. The number of rotatable bonds is 5. The summed E-state index contributed by atoms with van der Waals surface area (Å²) in [6.07, 6.45) is 1.76. The Hall–Kier alpha value is -1.82. The van der Waals surface area contributed by atoms with E-state index < -0.39 is 0 Å². The van der Waals surface area contributed by atoms with Crippen LogP contribution in [0.2, 0.25) is 0 Å². The fraction of sp³-hybridized carbons (Fsp3) is 0.385. The monoisotopic (exact) mass is 278 g/mol. The summed E-state index contributed by atoms with van der Waals surface area (Å²) in [6.45, 7) is 4.59. The van der Waals surface area contributed by atoms with Crippen LogP contribution < -0.4 is 11.1 Å². The summed E-state index contributed by atoms with van der Waals surface area (Å²) in [4.78, 5) is 13.2. The van der Waals surface area contributed by atoms with Gasteiger partial charge in [0.1, 0.15) is 0 Å². The average Bonchev–Trinajstić information content (AvgIpc) is 2.95. The first kappa shape index (κ1) is 13.6. The van der Waals surface area contributed by atoms with Gasteiger partial charge < -0.3 is 11.1 Å². The van der Waals surface area contributed by atoms with E-state index in [0.29, 0.717) is 12.2 Å². The summed E-state index contributed by atoms with van der Waals surface area (Å²) >= 11 is 1.63. The predicted molar refractivity (Wildman–Crippen MR) is 77.2 cm³/mol. The van der Waals surface area contributed by atoms with E-state index >= 15 is 0 Å². The highest BCUT2D eigenvalue weighted by Gasteiger charge is 2.16. The van der Waals surface area contributed by atoms with Crippen molar-refractivity contribution in [3.63, 3.8) is 0 Å². The lowest BCUT2D eigenvalue weighted by atomic mass is 10.2. The maximum atomic E-state index is 12.0. The molecule has 0 unspecified atom stereocenters. The molecule has 0 spiro atoms. The standard InChI is InChI=1S/C13H18N4OS/c1-3-4-9-11(14)12(17-16-9)13(18)15-7-10-8(2)5-6-19-10/h5-6H,3-4,7,14H2,1-2H3,(H,15,18)(H,16,17).